The van der Waals surface area contributed by atoms with E-state index in [4.69, 9.17) is 4.74 Å². The maximum atomic E-state index is 12.3. The van der Waals surface area contributed by atoms with E-state index in [0.717, 1.165) is 11.3 Å². The summed E-state index contributed by atoms with van der Waals surface area (Å²) in [5.74, 6) is 0.396. The predicted octanol–water partition coefficient (Wildman–Crippen LogP) is 1.30. The summed E-state index contributed by atoms with van der Waals surface area (Å²) < 4.78 is 5.38. The van der Waals surface area contributed by atoms with E-state index in [-0.39, 0.29) is 11.8 Å². The molecule has 25 heavy (non-hydrogen) atoms. The highest BCUT2D eigenvalue weighted by molar-refractivity contribution is 6.07. The standard InChI is InChI=1S/C18H21N3O4/c1-2-25-14-6-3-13(4-7-14)5-8-15(22)21-11-9-18(10-12-21)16(23)19-17(24)20-18/h3-8H,2,9-12H2,1H3,(H2,19,20,23,24)/b8-5+. The molecule has 0 bridgehead atoms. The second-order valence-corrected chi connectivity index (χ2v) is 6.15. The summed E-state index contributed by atoms with van der Waals surface area (Å²) in [7, 11) is 0. The highest BCUT2D eigenvalue weighted by Gasteiger charge is 2.48. The molecule has 132 valence electrons. The number of hydrogen-bond acceptors (Lipinski definition) is 4. The monoisotopic (exact) mass is 343 g/mol. The molecule has 3 rings (SSSR count). The minimum absolute atomic E-state index is 0.103. The average Bonchev–Trinajstić information content (AvgIpc) is 2.88. The van der Waals surface area contributed by atoms with Crippen molar-refractivity contribution in [3.63, 3.8) is 0 Å². The van der Waals surface area contributed by atoms with Crippen LogP contribution >= 0.6 is 0 Å². The van der Waals surface area contributed by atoms with Gasteiger partial charge in [0.2, 0.25) is 5.91 Å². The predicted molar refractivity (Wildman–Crippen MR) is 91.9 cm³/mol. The number of amides is 4. The first kappa shape index (κ1) is 17.0. The van der Waals surface area contributed by atoms with E-state index in [1.54, 1.807) is 11.0 Å². The quantitative estimate of drug-likeness (QED) is 0.637. The molecular weight excluding hydrogens is 322 g/mol. The number of benzene rings is 1. The average molecular weight is 343 g/mol. The van der Waals surface area contributed by atoms with E-state index in [1.165, 1.54) is 6.08 Å². The number of ether oxygens (including phenoxy) is 1. The van der Waals surface area contributed by atoms with Gasteiger partial charge in [-0.2, -0.15) is 0 Å². The van der Waals surface area contributed by atoms with Crippen molar-refractivity contribution in [2.75, 3.05) is 19.7 Å². The van der Waals surface area contributed by atoms with Crippen molar-refractivity contribution < 1.29 is 19.1 Å². The first-order chi connectivity index (χ1) is 12.0. The second kappa shape index (κ2) is 6.96. The van der Waals surface area contributed by atoms with Gasteiger partial charge in [0.15, 0.2) is 0 Å². The molecule has 0 aromatic heterocycles. The molecule has 2 heterocycles. The molecule has 4 amide bonds. The van der Waals surface area contributed by atoms with Gasteiger partial charge in [-0.1, -0.05) is 12.1 Å². The van der Waals surface area contributed by atoms with Crippen LogP contribution in [0, 0.1) is 0 Å². The van der Waals surface area contributed by atoms with E-state index in [1.807, 2.05) is 31.2 Å². The Kier molecular flexibility index (Phi) is 4.74. The van der Waals surface area contributed by atoms with Crippen molar-refractivity contribution >= 4 is 23.9 Å². The number of likely N-dealkylation sites (tertiary alicyclic amines) is 1. The maximum Gasteiger partial charge on any atom is 0.322 e. The molecule has 2 N–H and O–H groups in total. The van der Waals surface area contributed by atoms with E-state index in [2.05, 4.69) is 10.6 Å². The lowest BCUT2D eigenvalue weighted by atomic mass is 9.87. The molecule has 7 nitrogen and oxygen atoms in total. The fraction of sp³-hybridized carbons (Fsp3) is 0.389. The third-order valence-electron chi connectivity index (χ3n) is 4.55. The Morgan fingerprint density at radius 3 is 2.48 bits per heavy atom. The Morgan fingerprint density at radius 1 is 1.24 bits per heavy atom. The SMILES string of the molecule is CCOc1ccc(/C=C/C(=O)N2CCC3(CC2)NC(=O)NC3=O)cc1. The van der Waals surface area contributed by atoms with Gasteiger partial charge in [-0.05, 0) is 43.5 Å². The fourth-order valence-electron chi connectivity index (χ4n) is 3.10. The Morgan fingerprint density at radius 2 is 1.92 bits per heavy atom. The first-order valence-corrected chi connectivity index (χ1v) is 8.36. The zero-order valence-corrected chi connectivity index (χ0v) is 14.1. The van der Waals surface area contributed by atoms with E-state index in [9.17, 15) is 14.4 Å². The van der Waals surface area contributed by atoms with Gasteiger partial charge < -0.3 is 15.0 Å². The zero-order chi connectivity index (χ0) is 17.9. The van der Waals surface area contributed by atoms with Crippen LogP contribution in [-0.2, 0) is 9.59 Å². The van der Waals surface area contributed by atoms with Gasteiger partial charge in [0.25, 0.3) is 5.91 Å². The van der Waals surface area contributed by atoms with Crippen molar-refractivity contribution in [3.05, 3.63) is 35.9 Å². The molecule has 2 fully saturated rings. The van der Waals surface area contributed by atoms with Crippen LogP contribution in [0.5, 0.6) is 5.75 Å². The highest BCUT2D eigenvalue weighted by Crippen LogP contribution is 2.25. The summed E-state index contributed by atoms with van der Waals surface area (Å²) in [6.45, 7) is 3.40. The summed E-state index contributed by atoms with van der Waals surface area (Å²) in [6, 6.07) is 7.04. The van der Waals surface area contributed by atoms with E-state index in [0.29, 0.717) is 32.5 Å². The molecule has 0 radical (unpaired) electrons. The van der Waals surface area contributed by atoms with Crippen LogP contribution in [0.15, 0.2) is 30.3 Å². The lowest BCUT2D eigenvalue weighted by Gasteiger charge is -2.36. The molecule has 2 aliphatic rings. The van der Waals surface area contributed by atoms with Gasteiger partial charge in [0.1, 0.15) is 11.3 Å². The normalized spacial score (nSPS) is 19.2. The molecule has 1 spiro atoms. The number of carbonyl (C=O) groups is 3. The molecule has 7 heteroatoms. The highest BCUT2D eigenvalue weighted by atomic mass is 16.5. The third-order valence-corrected chi connectivity index (χ3v) is 4.55. The topological polar surface area (TPSA) is 87.7 Å². The zero-order valence-electron chi connectivity index (χ0n) is 14.1. The van der Waals surface area contributed by atoms with Crippen LogP contribution < -0.4 is 15.4 Å². The molecule has 1 aromatic rings. The Labute approximate surface area is 146 Å². The number of carbonyl (C=O) groups excluding carboxylic acids is 3. The molecule has 2 aliphatic heterocycles. The van der Waals surface area contributed by atoms with Crippen LogP contribution in [0.4, 0.5) is 4.79 Å². The third kappa shape index (κ3) is 3.65. The first-order valence-electron chi connectivity index (χ1n) is 8.36. The minimum Gasteiger partial charge on any atom is -0.494 e. The lowest BCUT2D eigenvalue weighted by Crippen LogP contribution is -2.55. The summed E-state index contributed by atoms with van der Waals surface area (Å²) in [5, 5.41) is 4.95. The molecule has 2 saturated heterocycles. The molecule has 0 atom stereocenters. The van der Waals surface area contributed by atoms with Gasteiger partial charge in [-0.25, -0.2) is 4.79 Å². The number of imide groups is 1. The van der Waals surface area contributed by atoms with Crippen LogP contribution in [0.3, 0.4) is 0 Å². The summed E-state index contributed by atoms with van der Waals surface area (Å²) >= 11 is 0. The minimum atomic E-state index is -0.854. The van der Waals surface area contributed by atoms with Crippen molar-refractivity contribution in [2.45, 2.75) is 25.3 Å². The summed E-state index contributed by atoms with van der Waals surface area (Å²) in [6.07, 6.45) is 4.13. The summed E-state index contributed by atoms with van der Waals surface area (Å²) in [4.78, 5) is 37.2. The van der Waals surface area contributed by atoms with Crippen LogP contribution in [0.1, 0.15) is 25.3 Å². The molecular formula is C18H21N3O4. The number of nitrogens with zero attached hydrogens (tertiary/aromatic N) is 1. The Hall–Kier alpha value is -2.83. The second-order valence-electron chi connectivity index (χ2n) is 6.15. The number of rotatable bonds is 4. The molecule has 1 aromatic carbocycles. The molecule has 0 unspecified atom stereocenters. The largest absolute Gasteiger partial charge is 0.494 e. The summed E-state index contributed by atoms with van der Waals surface area (Å²) in [5.41, 5.74) is 0.0554. The fourth-order valence-corrected chi connectivity index (χ4v) is 3.10. The number of urea groups is 1. The number of piperidine rings is 1. The van der Waals surface area contributed by atoms with Gasteiger partial charge in [0, 0.05) is 19.2 Å². The van der Waals surface area contributed by atoms with Gasteiger partial charge >= 0.3 is 6.03 Å². The van der Waals surface area contributed by atoms with Gasteiger partial charge in [0.05, 0.1) is 6.61 Å². The maximum absolute atomic E-state index is 12.3. The number of hydrogen-bond donors (Lipinski definition) is 2. The molecule has 0 saturated carbocycles. The van der Waals surface area contributed by atoms with E-state index < -0.39 is 11.6 Å². The van der Waals surface area contributed by atoms with Crippen molar-refractivity contribution in [3.8, 4) is 5.75 Å². The van der Waals surface area contributed by atoms with Crippen LogP contribution in [0.25, 0.3) is 6.08 Å². The van der Waals surface area contributed by atoms with Gasteiger partial charge in [-0.15, -0.1) is 0 Å². The Bertz CT molecular complexity index is 704. The smallest absolute Gasteiger partial charge is 0.322 e. The van der Waals surface area contributed by atoms with Crippen molar-refractivity contribution in [2.24, 2.45) is 0 Å². The van der Waals surface area contributed by atoms with Crippen LogP contribution in [-0.4, -0.2) is 48.0 Å². The van der Waals surface area contributed by atoms with Crippen molar-refractivity contribution in [1.82, 2.24) is 15.5 Å². The van der Waals surface area contributed by atoms with Crippen molar-refractivity contribution in [1.29, 1.82) is 0 Å². The van der Waals surface area contributed by atoms with E-state index >= 15 is 0 Å². The molecule has 0 aliphatic carbocycles. The number of nitrogens with one attached hydrogen (secondary N) is 2. The van der Waals surface area contributed by atoms with Gasteiger partial charge in [-0.3, -0.25) is 14.9 Å². The van der Waals surface area contributed by atoms with Crippen LogP contribution in [0.2, 0.25) is 0 Å². The Balaban J connectivity index is 1.56. The lowest BCUT2D eigenvalue weighted by molar-refractivity contribution is -0.132.